The summed E-state index contributed by atoms with van der Waals surface area (Å²) in [6.07, 6.45) is 1.37. The highest BCUT2D eigenvalue weighted by atomic mass is 79.9. The number of Topliss-reactive ketones (excluding diaryl/α,β-unsaturated/α-hetero) is 1. The van der Waals surface area contributed by atoms with E-state index >= 15 is 0 Å². The SMILES string of the molecule is CCOc1ccc(-n2c(CCCNC(C)=O)nnc2SCC(=O)c2ccc(Br)cc2)cc1. The third-order valence-electron chi connectivity index (χ3n) is 4.56. The first-order valence-electron chi connectivity index (χ1n) is 10.3. The quantitative estimate of drug-likeness (QED) is 0.230. The highest BCUT2D eigenvalue weighted by molar-refractivity contribution is 9.10. The third-order valence-corrected chi connectivity index (χ3v) is 6.01. The van der Waals surface area contributed by atoms with Gasteiger partial charge in [-0.05, 0) is 49.7 Å². The van der Waals surface area contributed by atoms with E-state index in [1.165, 1.54) is 18.7 Å². The number of aryl methyl sites for hydroxylation is 1. The Bertz CT molecular complexity index is 1050. The first-order valence-corrected chi connectivity index (χ1v) is 12.1. The Morgan fingerprint density at radius 2 is 1.81 bits per heavy atom. The Kier molecular flexibility index (Phi) is 8.87. The summed E-state index contributed by atoms with van der Waals surface area (Å²) < 4.78 is 8.44. The van der Waals surface area contributed by atoms with Crippen molar-refractivity contribution in [2.75, 3.05) is 18.9 Å². The number of ketones is 1. The van der Waals surface area contributed by atoms with E-state index in [9.17, 15) is 9.59 Å². The number of thioether (sulfide) groups is 1. The predicted octanol–water partition coefficient (Wildman–Crippen LogP) is 4.47. The third kappa shape index (κ3) is 6.67. The van der Waals surface area contributed by atoms with E-state index in [0.29, 0.717) is 30.3 Å². The number of carbonyl (C=O) groups excluding carboxylic acids is 2. The fraction of sp³-hybridized carbons (Fsp3) is 0.304. The molecule has 0 aliphatic heterocycles. The van der Waals surface area contributed by atoms with Gasteiger partial charge in [0, 0.05) is 35.6 Å². The molecule has 1 heterocycles. The van der Waals surface area contributed by atoms with E-state index < -0.39 is 0 Å². The number of halogens is 1. The minimum Gasteiger partial charge on any atom is -0.494 e. The molecule has 0 aliphatic rings. The number of aromatic nitrogens is 3. The Morgan fingerprint density at radius 1 is 1.09 bits per heavy atom. The summed E-state index contributed by atoms with van der Waals surface area (Å²) in [5.41, 5.74) is 1.55. The lowest BCUT2D eigenvalue weighted by atomic mass is 10.2. The summed E-state index contributed by atoms with van der Waals surface area (Å²) in [4.78, 5) is 23.7. The largest absolute Gasteiger partial charge is 0.494 e. The van der Waals surface area contributed by atoms with Crippen LogP contribution in [-0.4, -0.2) is 45.4 Å². The van der Waals surface area contributed by atoms with Gasteiger partial charge in [-0.15, -0.1) is 10.2 Å². The molecular weight excluding hydrogens is 492 g/mol. The molecule has 1 aromatic heterocycles. The van der Waals surface area contributed by atoms with Crippen molar-refractivity contribution >= 4 is 39.4 Å². The summed E-state index contributed by atoms with van der Waals surface area (Å²) in [5, 5.41) is 12.2. The molecule has 3 rings (SSSR count). The van der Waals surface area contributed by atoms with Crippen LogP contribution in [0.2, 0.25) is 0 Å². The second-order valence-electron chi connectivity index (χ2n) is 6.97. The molecule has 3 aromatic rings. The molecule has 32 heavy (non-hydrogen) atoms. The maximum Gasteiger partial charge on any atom is 0.216 e. The molecule has 1 N–H and O–H groups in total. The smallest absolute Gasteiger partial charge is 0.216 e. The number of carbonyl (C=O) groups is 2. The van der Waals surface area contributed by atoms with Gasteiger partial charge in [0.25, 0.3) is 0 Å². The summed E-state index contributed by atoms with van der Waals surface area (Å²) >= 11 is 4.74. The molecule has 0 spiro atoms. The van der Waals surface area contributed by atoms with Crippen LogP contribution in [-0.2, 0) is 11.2 Å². The number of nitrogens with zero attached hydrogens (tertiary/aromatic N) is 3. The molecule has 0 bridgehead atoms. The Balaban J connectivity index is 1.78. The summed E-state index contributed by atoms with van der Waals surface area (Å²) in [7, 11) is 0. The van der Waals surface area contributed by atoms with Crippen molar-refractivity contribution in [3.63, 3.8) is 0 Å². The molecule has 0 saturated heterocycles. The standard InChI is InChI=1S/C23H25BrN4O3S/c1-3-31-20-12-10-19(11-13-20)28-22(5-4-14-25-16(2)29)26-27-23(28)32-15-21(30)17-6-8-18(24)9-7-17/h6-13H,3-5,14-15H2,1-2H3,(H,25,29). The van der Waals surface area contributed by atoms with E-state index in [-0.39, 0.29) is 17.4 Å². The van der Waals surface area contributed by atoms with Gasteiger partial charge in [0.1, 0.15) is 11.6 Å². The second kappa shape index (κ2) is 11.8. The normalized spacial score (nSPS) is 10.7. The molecule has 0 atom stereocenters. The lowest BCUT2D eigenvalue weighted by Gasteiger charge is -2.11. The molecule has 0 saturated carbocycles. The molecule has 7 nitrogen and oxygen atoms in total. The molecule has 1 amide bonds. The van der Waals surface area contributed by atoms with Crippen LogP contribution in [0.1, 0.15) is 36.5 Å². The lowest BCUT2D eigenvalue weighted by Crippen LogP contribution is -2.21. The fourth-order valence-corrected chi connectivity index (χ4v) is 4.16. The number of nitrogens with one attached hydrogen (secondary N) is 1. The molecule has 0 radical (unpaired) electrons. The van der Waals surface area contributed by atoms with Gasteiger partial charge in [-0.2, -0.15) is 0 Å². The van der Waals surface area contributed by atoms with Gasteiger partial charge < -0.3 is 10.1 Å². The van der Waals surface area contributed by atoms with Crippen LogP contribution in [0.3, 0.4) is 0 Å². The number of ether oxygens (including phenoxy) is 1. The van der Waals surface area contributed by atoms with Gasteiger partial charge in [-0.1, -0.05) is 39.8 Å². The first kappa shape index (κ1) is 24.0. The summed E-state index contributed by atoms with van der Waals surface area (Å²) in [6, 6.07) is 15.0. The van der Waals surface area contributed by atoms with E-state index in [1.807, 2.05) is 47.9 Å². The monoisotopic (exact) mass is 516 g/mol. The highest BCUT2D eigenvalue weighted by Crippen LogP contribution is 2.25. The number of hydrogen-bond acceptors (Lipinski definition) is 6. The Labute approximate surface area is 200 Å². The molecular formula is C23H25BrN4O3S. The van der Waals surface area contributed by atoms with E-state index in [4.69, 9.17) is 4.74 Å². The maximum absolute atomic E-state index is 12.6. The van der Waals surface area contributed by atoms with Crippen LogP contribution in [0.25, 0.3) is 5.69 Å². The molecule has 2 aromatic carbocycles. The molecule has 0 unspecified atom stereocenters. The van der Waals surface area contributed by atoms with Gasteiger partial charge >= 0.3 is 0 Å². The zero-order valence-corrected chi connectivity index (χ0v) is 20.4. The van der Waals surface area contributed by atoms with Crippen molar-refractivity contribution < 1.29 is 14.3 Å². The first-order chi connectivity index (χ1) is 15.5. The minimum atomic E-state index is -0.0549. The molecule has 168 valence electrons. The zero-order valence-electron chi connectivity index (χ0n) is 18.0. The number of amides is 1. The summed E-state index contributed by atoms with van der Waals surface area (Å²) in [5.74, 6) is 1.79. The predicted molar refractivity (Wildman–Crippen MR) is 129 cm³/mol. The van der Waals surface area contributed by atoms with Crippen LogP contribution in [0, 0.1) is 0 Å². The van der Waals surface area contributed by atoms with Crippen LogP contribution in [0.15, 0.2) is 58.2 Å². The second-order valence-corrected chi connectivity index (χ2v) is 8.82. The van der Waals surface area contributed by atoms with Gasteiger partial charge in [0.2, 0.25) is 5.91 Å². The van der Waals surface area contributed by atoms with Crippen molar-refractivity contribution in [2.24, 2.45) is 0 Å². The topological polar surface area (TPSA) is 86.1 Å². The van der Waals surface area contributed by atoms with E-state index in [1.54, 1.807) is 12.1 Å². The van der Waals surface area contributed by atoms with Crippen LogP contribution >= 0.6 is 27.7 Å². The summed E-state index contributed by atoms with van der Waals surface area (Å²) in [6.45, 7) is 4.60. The van der Waals surface area contributed by atoms with Crippen molar-refractivity contribution in [3.8, 4) is 11.4 Å². The average Bonchev–Trinajstić information content (AvgIpc) is 3.19. The molecule has 0 fully saturated rings. The maximum atomic E-state index is 12.6. The Morgan fingerprint density at radius 3 is 2.47 bits per heavy atom. The van der Waals surface area contributed by atoms with Gasteiger partial charge in [-0.25, -0.2) is 0 Å². The van der Waals surface area contributed by atoms with E-state index in [2.05, 4.69) is 31.4 Å². The molecule has 0 aliphatic carbocycles. The van der Waals surface area contributed by atoms with Crippen LogP contribution < -0.4 is 10.1 Å². The molecule has 9 heteroatoms. The van der Waals surface area contributed by atoms with Crippen LogP contribution in [0.5, 0.6) is 5.75 Å². The van der Waals surface area contributed by atoms with Crippen molar-refractivity contribution in [1.82, 2.24) is 20.1 Å². The number of rotatable bonds is 11. The average molecular weight is 517 g/mol. The fourth-order valence-electron chi connectivity index (χ4n) is 3.03. The van der Waals surface area contributed by atoms with Gasteiger partial charge in [-0.3, -0.25) is 14.2 Å². The van der Waals surface area contributed by atoms with E-state index in [0.717, 1.165) is 28.2 Å². The van der Waals surface area contributed by atoms with Gasteiger partial charge in [0.15, 0.2) is 10.9 Å². The Hall–Kier alpha value is -2.65. The number of hydrogen-bond donors (Lipinski definition) is 1. The minimum absolute atomic E-state index is 0.0240. The van der Waals surface area contributed by atoms with Crippen LogP contribution in [0.4, 0.5) is 0 Å². The zero-order chi connectivity index (χ0) is 22.9. The van der Waals surface area contributed by atoms with Crippen molar-refractivity contribution in [2.45, 2.75) is 31.8 Å². The highest BCUT2D eigenvalue weighted by Gasteiger charge is 2.16. The van der Waals surface area contributed by atoms with Crippen molar-refractivity contribution in [1.29, 1.82) is 0 Å². The van der Waals surface area contributed by atoms with Gasteiger partial charge in [0.05, 0.1) is 12.4 Å². The lowest BCUT2D eigenvalue weighted by molar-refractivity contribution is -0.118. The van der Waals surface area contributed by atoms with Crippen molar-refractivity contribution in [3.05, 3.63) is 64.4 Å². The number of benzene rings is 2.